The van der Waals surface area contributed by atoms with Crippen molar-refractivity contribution < 1.29 is 14.3 Å². The molecule has 41 heavy (non-hydrogen) atoms. The highest BCUT2D eigenvalue weighted by atomic mass is 16.5. The third-order valence-corrected chi connectivity index (χ3v) is 7.51. The third kappa shape index (κ3) is 8.50. The van der Waals surface area contributed by atoms with Crippen LogP contribution in [-0.2, 0) is 14.3 Å². The Balaban J connectivity index is 1.21. The largest absolute Gasteiger partial charge is 0.397 e. The van der Waals surface area contributed by atoms with Gasteiger partial charge in [-0.05, 0) is 85.3 Å². The fraction of sp³-hybridized carbons (Fsp3) is 0.333. The summed E-state index contributed by atoms with van der Waals surface area (Å²) in [6, 6.07) is 22.5. The van der Waals surface area contributed by atoms with E-state index in [1.165, 1.54) is 24.5 Å². The molecule has 1 heterocycles. The first-order valence-electron chi connectivity index (χ1n) is 14.4. The van der Waals surface area contributed by atoms with Gasteiger partial charge in [0, 0.05) is 24.9 Å². The summed E-state index contributed by atoms with van der Waals surface area (Å²) in [6.45, 7) is 5.13. The maximum atomic E-state index is 13.5. The van der Waals surface area contributed by atoms with Crippen LogP contribution in [0.2, 0.25) is 0 Å². The Morgan fingerprint density at radius 1 is 0.951 bits per heavy atom. The maximum Gasteiger partial charge on any atom is 0.248 e. The number of nitrogens with one attached hydrogen (secondary N) is 3. The van der Waals surface area contributed by atoms with Crippen LogP contribution in [0.1, 0.15) is 47.9 Å². The van der Waals surface area contributed by atoms with Gasteiger partial charge in [0.25, 0.3) is 0 Å². The Labute approximate surface area is 242 Å². The molecular formula is C33H39N5O3. The van der Waals surface area contributed by atoms with Crippen LogP contribution in [-0.4, -0.2) is 56.1 Å². The lowest BCUT2D eigenvalue weighted by Crippen LogP contribution is -2.39. The van der Waals surface area contributed by atoms with Gasteiger partial charge in [-0.1, -0.05) is 48.5 Å². The second-order valence-corrected chi connectivity index (χ2v) is 10.7. The van der Waals surface area contributed by atoms with Gasteiger partial charge in [0.2, 0.25) is 11.8 Å². The fourth-order valence-corrected chi connectivity index (χ4v) is 4.96. The molecule has 1 aliphatic heterocycles. The zero-order chi connectivity index (χ0) is 28.4. The summed E-state index contributed by atoms with van der Waals surface area (Å²) in [6.07, 6.45) is 6.65. The molecule has 1 unspecified atom stereocenters. The zero-order valence-corrected chi connectivity index (χ0v) is 23.4. The monoisotopic (exact) mass is 553 g/mol. The van der Waals surface area contributed by atoms with E-state index >= 15 is 0 Å². The predicted molar refractivity (Wildman–Crippen MR) is 165 cm³/mol. The SMILES string of the molecule is Nc1ccccc1NC(=O)/C=C/c1ccc(C(NCCCN2CCOCC2)C(=O)Nc2ccc(C3CC3)cc2)cc1. The second kappa shape index (κ2) is 14.1. The zero-order valence-electron chi connectivity index (χ0n) is 23.4. The highest BCUT2D eigenvalue weighted by Crippen LogP contribution is 2.40. The quantitative estimate of drug-likeness (QED) is 0.146. The molecule has 8 heteroatoms. The van der Waals surface area contributed by atoms with E-state index in [1.807, 2.05) is 48.5 Å². The highest BCUT2D eigenvalue weighted by molar-refractivity contribution is 6.03. The molecule has 1 saturated heterocycles. The van der Waals surface area contributed by atoms with Crippen molar-refractivity contribution in [2.75, 3.05) is 55.8 Å². The highest BCUT2D eigenvalue weighted by Gasteiger charge is 2.24. The fourth-order valence-electron chi connectivity index (χ4n) is 4.96. The molecule has 5 rings (SSSR count). The number of rotatable bonds is 12. The number of carbonyl (C=O) groups is 2. The number of morpholine rings is 1. The molecular weight excluding hydrogens is 514 g/mol. The minimum atomic E-state index is -0.509. The molecule has 1 atom stereocenters. The molecule has 8 nitrogen and oxygen atoms in total. The van der Waals surface area contributed by atoms with Crippen molar-refractivity contribution in [3.63, 3.8) is 0 Å². The number of hydrogen-bond acceptors (Lipinski definition) is 6. The van der Waals surface area contributed by atoms with Crippen molar-refractivity contribution >= 4 is 35.0 Å². The number of anilines is 3. The number of hydrogen-bond donors (Lipinski definition) is 4. The lowest BCUT2D eigenvalue weighted by molar-refractivity contribution is -0.118. The first-order valence-corrected chi connectivity index (χ1v) is 14.4. The van der Waals surface area contributed by atoms with E-state index in [1.54, 1.807) is 18.2 Å². The smallest absolute Gasteiger partial charge is 0.248 e. The Morgan fingerprint density at radius 2 is 1.68 bits per heavy atom. The summed E-state index contributed by atoms with van der Waals surface area (Å²) < 4.78 is 5.44. The van der Waals surface area contributed by atoms with Crippen LogP contribution in [0.15, 0.2) is 78.9 Å². The summed E-state index contributed by atoms with van der Waals surface area (Å²) in [5.74, 6) is 0.313. The van der Waals surface area contributed by atoms with Crippen molar-refractivity contribution in [3.8, 4) is 0 Å². The van der Waals surface area contributed by atoms with Crippen LogP contribution in [0, 0.1) is 0 Å². The van der Waals surface area contributed by atoms with Crippen molar-refractivity contribution in [2.24, 2.45) is 0 Å². The van der Waals surface area contributed by atoms with Crippen LogP contribution in [0.25, 0.3) is 6.08 Å². The van der Waals surface area contributed by atoms with E-state index < -0.39 is 6.04 Å². The van der Waals surface area contributed by atoms with Gasteiger partial charge < -0.3 is 26.4 Å². The Hall–Kier alpha value is -3.98. The van der Waals surface area contributed by atoms with Crippen LogP contribution >= 0.6 is 0 Å². The van der Waals surface area contributed by atoms with Crippen molar-refractivity contribution in [2.45, 2.75) is 31.2 Å². The van der Waals surface area contributed by atoms with Gasteiger partial charge in [0.1, 0.15) is 6.04 Å². The molecule has 1 saturated carbocycles. The van der Waals surface area contributed by atoms with Gasteiger partial charge in [-0.2, -0.15) is 0 Å². The Bertz CT molecular complexity index is 1330. The molecule has 1 aliphatic carbocycles. The van der Waals surface area contributed by atoms with E-state index in [0.717, 1.165) is 56.1 Å². The average molecular weight is 554 g/mol. The van der Waals surface area contributed by atoms with E-state index in [-0.39, 0.29) is 11.8 Å². The summed E-state index contributed by atoms with van der Waals surface area (Å²) in [5.41, 5.74) is 10.9. The molecule has 3 aromatic rings. The first-order chi connectivity index (χ1) is 20.0. The molecule has 5 N–H and O–H groups in total. The van der Waals surface area contributed by atoms with Crippen molar-refractivity contribution in [3.05, 3.63) is 95.6 Å². The molecule has 0 spiro atoms. The summed E-state index contributed by atoms with van der Waals surface area (Å²) in [7, 11) is 0. The lowest BCUT2D eigenvalue weighted by atomic mass is 10.0. The lowest BCUT2D eigenvalue weighted by Gasteiger charge is -2.27. The average Bonchev–Trinajstić information content (AvgIpc) is 3.84. The summed E-state index contributed by atoms with van der Waals surface area (Å²) in [5, 5.41) is 9.36. The number of amides is 2. The number of nitrogens with two attached hydrogens (primary N) is 1. The molecule has 0 aromatic heterocycles. The van der Waals surface area contributed by atoms with E-state index in [9.17, 15) is 9.59 Å². The number of benzene rings is 3. The van der Waals surface area contributed by atoms with Gasteiger partial charge in [-0.15, -0.1) is 0 Å². The van der Waals surface area contributed by atoms with Crippen LogP contribution < -0.4 is 21.7 Å². The number of nitrogens with zero attached hydrogens (tertiary/aromatic N) is 1. The molecule has 214 valence electrons. The topological polar surface area (TPSA) is 109 Å². The summed E-state index contributed by atoms with van der Waals surface area (Å²) >= 11 is 0. The van der Waals surface area contributed by atoms with E-state index in [2.05, 4.69) is 33.0 Å². The number of ether oxygens (including phenoxy) is 1. The first kappa shape index (κ1) is 28.5. The normalized spacial score (nSPS) is 16.4. The van der Waals surface area contributed by atoms with Crippen LogP contribution in [0.3, 0.4) is 0 Å². The summed E-state index contributed by atoms with van der Waals surface area (Å²) in [4.78, 5) is 28.2. The number of nitrogen functional groups attached to an aromatic ring is 1. The maximum absolute atomic E-state index is 13.5. The standard InChI is InChI=1S/C33H39N5O3/c34-29-4-1-2-5-30(29)37-31(39)17-8-24-6-9-27(10-7-24)32(35-18-3-19-38-20-22-41-23-21-38)33(40)36-28-15-13-26(14-16-28)25-11-12-25/h1-2,4-10,13-17,25,32,35H,3,11-12,18-23,34H2,(H,36,40)(H,37,39)/b17-8+. The van der Waals surface area contributed by atoms with E-state index in [0.29, 0.717) is 23.8 Å². The van der Waals surface area contributed by atoms with Crippen molar-refractivity contribution in [1.82, 2.24) is 10.2 Å². The van der Waals surface area contributed by atoms with Crippen LogP contribution in [0.5, 0.6) is 0 Å². The van der Waals surface area contributed by atoms with Gasteiger partial charge in [-0.25, -0.2) is 0 Å². The molecule has 3 aromatic carbocycles. The van der Waals surface area contributed by atoms with Gasteiger partial charge in [-0.3, -0.25) is 14.5 Å². The van der Waals surface area contributed by atoms with Crippen molar-refractivity contribution in [1.29, 1.82) is 0 Å². The molecule has 2 aliphatic rings. The molecule has 2 amide bonds. The Morgan fingerprint density at radius 3 is 2.39 bits per heavy atom. The van der Waals surface area contributed by atoms with Gasteiger partial charge in [0.15, 0.2) is 0 Å². The molecule has 2 fully saturated rings. The molecule has 0 radical (unpaired) electrons. The van der Waals surface area contributed by atoms with E-state index in [4.69, 9.17) is 10.5 Å². The second-order valence-electron chi connectivity index (χ2n) is 10.7. The minimum Gasteiger partial charge on any atom is -0.397 e. The third-order valence-electron chi connectivity index (χ3n) is 7.51. The Kier molecular flexibility index (Phi) is 9.80. The van der Waals surface area contributed by atoms with Crippen LogP contribution in [0.4, 0.5) is 17.1 Å². The van der Waals surface area contributed by atoms with Gasteiger partial charge in [0.05, 0.1) is 24.6 Å². The number of carbonyl (C=O) groups excluding carboxylic acids is 2. The van der Waals surface area contributed by atoms with Gasteiger partial charge >= 0.3 is 0 Å². The minimum absolute atomic E-state index is 0.0985. The number of para-hydroxylation sites is 2. The molecule has 0 bridgehead atoms. The predicted octanol–water partition coefficient (Wildman–Crippen LogP) is 4.79.